The fraction of sp³-hybridized carbons (Fsp3) is 0.562. The van der Waals surface area contributed by atoms with Crippen molar-refractivity contribution in [3.05, 3.63) is 34.9 Å². The van der Waals surface area contributed by atoms with Gasteiger partial charge in [-0.2, -0.15) is 0 Å². The summed E-state index contributed by atoms with van der Waals surface area (Å²) in [5.74, 6) is 0.131. The highest BCUT2D eigenvalue weighted by molar-refractivity contribution is 7.91. The van der Waals surface area contributed by atoms with E-state index in [-0.39, 0.29) is 17.4 Å². The number of sulfone groups is 1. The molecule has 1 N–H and O–H groups in total. The first-order valence-corrected chi connectivity index (χ1v) is 9.30. The molecule has 3 rings (SSSR count). The van der Waals surface area contributed by atoms with Crippen molar-refractivity contribution in [3.63, 3.8) is 0 Å². The Morgan fingerprint density at radius 2 is 2.05 bits per heavy atom. The monoisotopic (exact) mass is 307 g/mol. The summed E-state index contributed by atoms with van der Waals surface area (Å²) in [5, 5.41) is 2.91. The molecule has 0 bridgehead atoms. The van der Waals surface area contributed by atoms with Gasteiger partial charge < -0.3 is 5.32 Å². The number of carbonyl (C=O) groups is 1. The topological polar surface area (TPSA) is 63.2 Å². The molecular formula is C16H21NO3S. The number of nitrogens with one attached hydrogen (secondary N) is 1. The van der Waals surface area contributed by atoms with Crippen LogP contribution in [0.25, 0.3) is 0 Å². The Labute approximate surface area is 125 Å². The second-order valence-electron chi connectivity index (χ2n) is 6.58. The van der Waals surface area contributed by atoms with E-state index in [1.165, 1.54) is 17.5 Å². The van der Waals surface area contributed by atoms with Crippen molar-refractivity contribution in [2.75, 3.05) is 11.5 Å². The molecule has 1 aromatic rings. The van der Waals surface area contributed by atoms with Crippen LogP contribution < -0.4 is 5.32 Å². The van der Waals surface area contributed by atoms with E-state index in [0.29, 0.717) is 12.8 Å². The molecule has 1 unspecified atom stereocenters. The van der Waals surface area contributed by atoms with E-state index in [1.807, 2.05) is 13.0 Å². The summed E-state index contributed by atoms with van der Waals surface area (Å²) in [7, 11) is -3.00. The molecule has 1 atom stereocenters. The third-order valence-corrected chi connectivity index (χ3v) is 6.38. The minimum atomic E-state index is -3.00. The van der Waals surface area contributed by atoms with Crippen molar-refractivity contribution in [2.24, 2.45) is 0 Å². The van der Waals surface area contributed by atoms with Crippen LogP contribution in [0.1, 0.15) is 36.5 Å². The zero-order valence-corrected chi connectivity index (χ0v) is 13.1. The molecule has 1 aromatic carbocycles. The van der Waals surface area contributed by atoms with Crippen LogP contribution in [0.15, 0.2) is 18.2 Å². The average molecular weight is 307 g/mol. The maximum Gasteiger partial charge on any atom is 0.224 e. The van der Waals surface area contributed by atoms with Crippen LogP contribution >= 0.6 is 0 Å². The number of hydrogen-bond acceptors (Lipinski definition) is 3. The maximum absolute atomic E-state index is 12.2. The maximum atomic E-state index is 12.2. The molecule has 2 aliphatic rings. The second kappa shape index (κ2) is 5.13. The van der Waals surface area contributed by atoms with Gasteiger partial charge in [-0.15, -0.1) is 0 Å². The lowest BCUT2D eigenvalue weighted by atomic mass is 10.0. The summed E-state index contributed by atoms with van der Waals surface area (Å²) in [6, 6.07) is 6.25. The molecule has 1 saturated heterocycles. The summed E-state index contributed by atoms with van der Waals surface area (Å²) in [4.78, 5) is 12.2. The number of amides is 1. The van der Waals surface area contributed by atoms with E-state index in [2.05, 4.69) is 17.4 Å². The lowest BCUT2D eigenvalue weighted by Crippen LogP contribution is -2.47. The van der Waals surface area contributed by atoms with Gasteiger partial charge >= 0.3 is 0 Å². The minimum Gasteiger partial charge on any atom is -0.350 e. The van der Waals surface area contributed by atoms with E-state index in [9.17, 15) is 13.2 Å². The molecule has 0 radical (unpaired) electrons. The van der Waals surface area contributed by atoms with Gasteiger partial charge in [-0.1, -0.05) is 18.2 Å². The summed E-state index contributed by atoms with van der Waals surface area (Å²) in [6.45, 7) is 1.82. The summed E-state index contributed by atoms with van der Waals surface area (Å²) >= 11 is 0. The van der Waals surface area contributed by atoms with Gasteiger partial charge in [0.1, 0.15) is 0 Å². The van der Waals surface area contributed by atoms with Gasteiger partial charge in [0.2, 0.25) is 5.91 Å². The van der Waals surface area contributed by atoms with Gasteiger partial charge in [-0.05, 0) is 49.3 Å². The predicted octanol–water partition coefficient (Wildman–Crippen LogP) is 1.41. The van der Waals surface area contributed by atoms with Crippen LogP contribution in [-0.4, -0.2) is 31.4 Å². The molecule has 1 fully saturated rings. The third kappa shape index (κ3) is 3.28. The van der Waals surface area contributed by atoms with Gasteiger partial charge in [0.25, 0.3) is 0 Å². The predicted molar refractivity (Wildman–Crippen MR) is 82.0 cm³/mol. The molecule has 1 aliphatic carbocycles. The smallest absolute Gasteiger partial charge is 0.224 e. The SMILES string of the molecule is CC1(NC(=O)Cc2ccc3c(c2)CCC3)CCS(=O)(=O)C1. The quantitative estimate of drug-likeness (QED) is 0.918. The highest BCUT2D eigenvalue weighted by Gasteiger charge is 2.39. The summed E-state index contributed by atoms with van der Waals surface area (Å²) in [5.41, 5.74) is 3.16. The Bertz CT molecular complexity index is 681. The first-order valence-electron chi connectivity index (χ1n) is 7.47. The van der Waals surface area contributed by atoms with Crippen molar-refractivity contribution in [3.8, 4) is 0 Å². The summed E-state index contributed by atoms with van der Waals surface area (Å²) < 4.78 is 23.1. The number of hydrogen-bond donors (Lipinski definition) is 1. The number of benzene rings is 1. The number of fused-ring (bicyclic) bond motifs is 1. The Balaban J connectivity index is 1.64. The van der Waals surface area contributed by atoms with Crippen LogP contribution in [0.4, 0.5) is 0 Å². The Morgan fingerprint density at radius 1 is 1.29 bits per heavy atom. The number of carbonyl (C=O) groups excluding carboxylic acids is 1. The van der Waals surface area contributed by atoms with E-state index < -0.39 is 15.4 Å². The zero-order valence-electron chi connectivity index (χ0n) is 12.3. The second-order valence-corrected chi connectivity index (χ2v) is 8.77. The number of rotatable bonds is 3. The lowest BCUT2D eigenvalue weighted by Gasteiger charge is -2.24. The highest BCUT2D eigenvalue weighted by atomic mass is 32.2. The lowest BCUT2D eigenvalue weighted by molar-refractivity contribution is -0.121. The summed E-state index contributed by atoms with van der Waals surface area (Å²) in [6.07, 6.45) is 4.26. The van der Waals surface area contributed by atoms with Gasteiger partial charge in [-0.3, -0.25) is 4.79 Å². The third-order valence-electron chi connectivity index (χ3n) is 4.47. The molecule has 4 nitrogen and oxygen atoms in total. The fourth-order valence-corrected chi connectivity index (χ4v) is 5.50. The largest absolute Gasteiger partial charge is 0.350 e. The Morgan fingerprint density at radius 3 is 2.76 bits per heavy atom. The normalized spacial score (nSPS) is 26.5. The van der Waals surface area contributed by atoms with E-state index in [1.54, 1.807) is 0 Å². The van der Waals surface area contributed by atoms with Crippen molar-refractivity contribution in [1.29, 1.82) is 0 Å². The molecule has 1 amide bonds. The molecule has 21 heavy (non-hydrogen) atoms. The van der Waals surface area contributed by atoms with Crippen molar-refractivity contribution in [1.82, 2.24) is 5.32 Å². The standard InChI is InChI=1S/C16H21NO3S/c1-16(7-8-21(19,20)11-16)17-15(18)10-12-5-6-13-3-2-4-14(13)9-12/h5-6,9H,2-4,7-8,10-11H2,1H3,(H,17,18). The molecule has 0 saturated carbocycles. The molecule has 1 heterocycles. The van der Waals surface area contributed by atoms with Crippen LogP contribution in [0.2, 0.25) is 0 Å². The van der Waals surface area contributed by atoms with Crippen LogP contribution in [0.3, 0.4) is 0 Å². The van der Waals surface area contributed by atoms with Crippen LogP contribution in [0.5, 0.6) is 0 Å². The molecule has 5 heteroatoms. The van der Waals surface area contributed by atoms with Gasteiger partial charge in [0, 0.05) is 0 Å². The Hall–Kier alpha value is -1.36. The minimum absolute atomic E-state index is 0.0515. The van der Waals surface area contributed by atoms with Gasteiger partial charge in [-0.25, -0.2) is 8.42 Å². The average Bonchev–Trinajstić information content (AvgIpc) is 2.92. The van der Waals surface area contributed by atoms with E-state index in [4.69, 9.17) is 0 Å². The first-order chi connectivity index (χ1) is 9.85. The molecule has 114 valence electrons. The van der Waals surface area contributed by atoms with Crippen LogP contribution in [0, 0.1) is 0 Å². The van der Waals surface area contributed by atoms with Crippen molar-refractivity contribution >= 4 is 15.7 Å². The Kier molecular flexibility index (Phi) is 3.56. The van der Waals surface area contributed by atoms with Crippen molar-refractivity contribution in [2.45, 2.75) is 44.6 Å². The zero-order chi connectivity index (χ0) is 15.1. The molecule has 0 spiro atoms. The number of aryl methyl sites for hydroxylation is 2. The molecule has 0 aromatic heterocycles. The van der Waals surface area contributed by atoms with E-state index in [0.717, 1.165) is 18.4 Å². The highest BCUT2D eigenvalue weighted by Crippen LogP contribution is 2.24. The fourth-order valence-electron chi connectivity index (χ4n) is 3.41. The van der Waals surface area contributed by atoms with Gasteiger partial charge in [0.05, 0.1) is 23.5 Å². The molecular weight excluding hydrogens is 286 g/mol. The molecule has 1 aliphatic heterocycles. The first kappa shape index (κ1) is 14.6. The van der Waals surface area contributed by atoms with Gasteiger partial charge in [0.15, 0.2) is 9.84 Å². The van der Waals surface area contributed by atoms with E-state index >= 15 is 0 Å². The van der Waals surface area contributed by atoms with Crippen LogP contribution in [-0.2, 0) is 33.9 Å². The van der Waals surface area contributed by atoms with Crippen molar-refractivity contribution < 1.29 is 13.2 Å².